The van der Waals surface area contributed by atoms with Crippen LogP contribution in [-0.2, 0) is 17.6 Å². The quantitative estimate of drug-likeness (QED) is 0.526. The van der Waals surface area contributed by atoms with Gasteiger partial charge >= 0.3 is 0 Å². The minimum Gasteiger partial charge on any atom is -0.325 e. The van der Waals surface area contributed by atoms with Crippen molar-refractivity contribution in [1.82, 2.24) is 14.8 Å². The number of anilines is 1. The van der Waals surface area contributed by atoms with Gasteiger partial charge < -0.3 is 9.88 Å². The van der Waals surface area contributed by atoms with Gasteiger partial charge in [-0.25, -0.2) is 0 Å². The van der Waals surface area contributed by atoms with E-state index >= 15 is 0 Å². The third kappa shape index (κ3) is 5.53. The van der Waals surface area contributed by atoms with Gasteiger partial charge in [0, 0.05) is 22.7 Å². The molecule has 0 atom stereocenters. The van der Waals surface area contributed by atoms with Gasteiger partial charge in [0.25, 0.3) is 0 Å². The van der Waals surface area contributed by atoms with E-state index in [1.54, 1.807) is 17.8 Å². The van der Waals surface area contributed by atoms with Crippen LogP contribution in [0.15, 0.2) is 52.5 Å². The molecule has 1 heterocycles. The van der Waals surface area contributed by atoms with Gasteiger partial charge in [-0.05, 0) is 43.7 Å². The molecule has 0 aliphatic rings. The molecule has 0 radical (unpaired) electrons. The van der Waals surface area contributed by atoms with Crippen LogP contribution in [-0.4, -0.2) is 26.4 Å². The van der Waals surface area contributed by atoms with E-state index in [1.807, 2.05) is 30.7 Å². The number of nitrogens with zero attached hydrogens (tertiary/aromatic N) is 3. The van der Waals surface area contributed by atoms with Gasteiger partial charge in [-0.15, -0.1) is 22.0 Å². The Morgan fingerprint density at radius 1 is 1.11 bits per heavy atom. The molecule has 146 valence electrons. The minimum atomic E-state index is -0.108. The summed E-state index contributed by atoms with van der Waals surface area (Å²) in [5.41, 5.74) is 2.91. The number of hydrogen-bond acceptors (Lipinski definition) is 5. The number of aryl methyl sites for hydroxylation is 2. The summed E-state index contributed by atoms with van der Waals surface area (Å²) in [6.07, 6.45) is 0. The molecule has 3 aromatic rings. The Balaban J connectivity index is 1.52. The first-order valence-corrected chi connectivity index (χ1v) is 11.0. The zero-order chi connectivity index (χ0) is 20.1. The van der Waals surface area contributed by atoms with E-state index < -0.39 is 0 Å². The van der Waals surface area contributed by atoms with Crippen molar-refractivity contribution in [1.29, 1.82) is 0 Å². The maximum atomic E-state index is 12.2. The van der Waals surface area contributed by atoms with Gasteiger partial charge in [0.15, 0.2) is 5.16 Å². The Labute approximate surface area is 178 Å². The fourth-order valence-electron chi connectivity index (χ4n) is 2.38. The Bertz CT molecular complexity index is 973. The minimum absolute atomic E-state index is 0.108. The summed E-state index contributed by atoms with van der Waals surface area (Å²) >= 11 is 9.17. The van der Waals surface area contributed by atoms with Crippen LogP contribution >= 0.6 is 35.1 Å². The third-order valence-electron chi connectivity index (χ3n) is 4.10. The van der Waals surface area contributed by atoms with Crippen LogP contribution in [0, 0.1) is 13.8 Å². The molecule has 8 heteroatoms. The molecular weight excluding hydrogens is 412 g/mol. The van der Waals surface area contributed by atoms with Crippen molar-refractivity contribution in [2.24, 2.45) is 7.05 Å². The molecule has 0 unspecified atom stereocenters. The van der Waals surface area contributed by atoms with Crippen LogP contribution < -0.4 is 5.32 Å². The van der Waals surface area contributed by atoms with Crippen molar-refractivity contribution in [2.45, 2.75) is 29.7 Å². The highest BCUT2D eigenvalue weighted by Gasteiger charge is 2.12. The van der Waals surface area contributed by atoms with E-state index in [-0.39, 0.29) is 11.7 Å². The van der Waals surface area contributed by atoms with Crippen molar-refractivity contribution in [2.75, 3.05) is 11.1 Å². The van der Waals surface area contributed by atoms with Crippen LogP contribution in [0.4, 0.5) is 5.69 Å². The lowest BCUT2D eigenvalue weighted by molar-refractivity contribution is -0.113. The first-order valence-electron chi connectivity index (χ1n) is 8.69. The topological polar surface area (TPSA) is 59.8 Å². The van der Waals surface area contributed by atoms with E-state index in [1.165, 1.54) is 22.2 Å². The lowest BCUT2D eigenvalue weighted by Crippen LogP contribution is -2.14. The highest BCUT2D eigenvalue weighted by Crippen LogP contribution is 2.24. The number of hydrogen-bond donors (Lipinski definition) is 1. The van der Waals surface area contributed by atoms with Crippen LogP contribution in [0.1, 0.15) is 17.0 Å². The Morgan fingerprint density at radius 3 is 2.57 bits per heavy atom. The molecule has 2 aromatic carbocycles. The van der Waals surface area contributed by atoms with E-state index in [9.17, 15) is 4.79 Å². The Morgan fingerprint density at radius 2 is 1.86 bits per heavy atom. The predicted octanol–water partition coefficient (Wildman–Crippen LogP) is 5.11. The highest BCUT2D eigenvalue weighted by atomic mass is 35.5. The van der Waals surface area contributed by atoms with Crippen molar-refractivity contribution in [3.63, 3.8) is 0 Å². The van der Waals surface area contributed by atoms with Gasteiger partial charge in [-0.3, -0.25) is 4.79 Å². The van der Waals surface area contributed by atoms with Gasteiger partial charge in [0.2, 0.25) is 5.91 Å². The van der Waals surface area contributed by atoms with Crippen LogP contribution in [0.2, 0.25) is 5.02 Å². The lowest BCUT2D eigenvalue weighted by Gasteiger charge is -2.07. The van der Waals surface area contributed by atoms with Crippen molar-refractivity contribution >= 4 is 46.7 Å². The number of carbonyl (C=O) groups is 1. The predicted molar refractivity (Wildman–Crippen MR) is 117 cm³/mol. The summed E-state index contributed by atoms with van der Waals surface area (Å²) in [4.78, 5) is 13.4. The average molecular weight is 433 g/mol. The van der Waals surface area contributed by atoms with Gasteiger partial charge in [0.05, 0.1) is 11.5 Å². The highest BCUT2D eigenvalue weighted by molar-refractivity contribution is 7.99. The second-order valence-corrected chi connectivity index (χ2v) is 8.76. The summed E-state index contributed by atoms with van der Waals surface area (Å²) in [6, 6.07) is 13.9. The second-order valence-electron chi connectivity index (χ2n) is 6.36. The zero-order valence-corrected chi connectivity index (χ0v) is 18.3. The summed E-state index contributed by atoms with van der Waals surface area (Å²) < 4.78 is 1.93. The molecule has 1 aromatic heterocycles. The number of carbonyl (C=O) groups excluding carboxylic acids is 1. The Hall–Kier alpha value is -1.96. The number of thioether (sulfide) groups is 2. The van der Waals surface area contributed by atoms with Crippen molar-refractivity contribution in [3.8, 4) is 0 Å². The average Bonchev–Trinajstić information content (AvgIpc) is 3.02. The number of aromatic nitrogens is 3. The molecule has 0 aliphatic carbocycles. The second kappa shape index (κ2) is 9.49. The van der Waals surface area contributed by atoms with Crippen molar-refractivity contribution in [3.05, 3.63) is 64.4 Å². The fraction of sp³-hybridized carbons (Fsp3) is 0.250. The fourth-order valence-corrected chi connectivity index (χ4v) is 4.16. The largest absolute Gasteiger partial charge is 0.325 e. The number of rotatable bonds is 7. The van der Waals surface area contributed by atoms with Gasteiger partial charge in [-0.1, -0.05) is 47.1 Å². The molecule has 28 heavy (non-hydrogen) atoms. The molecule has 0 fully saturated rings. The van der Waals surface area contributed by atoms with Crippen LogP contribution in [0.3, 0.4) is 0 Å². The van der Waals surface area contributed by atoms with E-state index in [4.69, 9.17) is 11.6 Å². The maximum absolute atomic E-state index is 12.2. The monoisotopic (exact) mass is 432 g/mol. The summed E-state index contributed by atoms with van der Waals surface area (Å²) in [5.74, 6) is 1.74. The van der Waals surface area contributed by atoms with Crippen LogP contribution in [0.25, 0.3) is 0 Å². The lowest BCUT2D eigenvalue weighted by atomic mass is 10.2. The summed E-state index contributed by atoms with van der Waals surface area (Å²) in [6.45, 7) is 4.00. The standard InChI is InChI=1S/C20H21ClN4OS2/c1-13-4-8-16(9-5-13)27-11-18-23-24-20(25(18)3)28-12-19(26)22-15-7-6-14(2)17(21)10-15/h4-10H,11-12H2,1-3H3,(H,22,26). The van der Waals surface area contributed by atoms with Crippen molar-refractivity contribution < 1.29 is 4.79 Å². The number of benzene rings is 2. The van der Waals surface area contributed by atoms with E-state index in [2.05, 4.69) is 46.7 Å². The maximum Gasteiger partial charge on any atom is 0.234 e. The van der Waals surface area contributed by atoms with E-state index in [0.29, 0.717) is 10.7 Å². The number of nitrogens with one attached hydrogen (secondary N) is 1. The zero-order valence-electron chi connectivity index (χ0n) is 15.9. The normalized spacial score (nSPS) is 10.9. The number of halogens is 1. The molecular formula is C20H21ClN4OS2. The molecule has 0 aliphatic heterocycles. The summed E-state index contributed by atoms with van der Waals surface area (Å²) in [5, 5.41) is 12.7. The first-order chi connectivity index (χ1) is 13.4. The summed E-state index contributed by atoms with van der Waals surface area (Å²) in [7, 11) is 1.92. The molecule has 1 amide bonds. The van der Waals surface area contributed by atoms with E-state index in [0.717, 1.165) is 22.3 Å². The Kier molecular flexibility index (Phi) is 7.04. The molecule has 0 spiro atoms. The molecule has 0 bridgehead atoms. The SMILES string of the molecule is Cc1ccc(SCc2nnc(SCC(=O)Nc3ccc(C)c(Cl)c3)n2C)cc1. The molecule has 3 rings (SSSR count). The molecule has 1 N–H and O–H groups in total. The third-order valence-corrected chi connectivity index (χ3v) is 6.54. The first kappa shape index (κ1) is 20.8. The van der Waals surface area contributed by atoms with Gasteiger partial charge in [-0.2, -0.15) is 0 Å². The van der Waals surface area contributed by atoms with Crippen LogP contribution in [0.5, 0.6) is 0 Å². The molecule has 0 saturated carbocycles. The molecule has 0 saturated heterocycles. The number of amides is 1. The smallest absolute Gasteiger partial charge is 0.234 e. The van der Waals surface area contributed by atoms with Gasteiger partial charge in [0.1, 0.15) is 5.82 Å². The molecule has 5 nitrogen and oxygen atoms in total.